The molecule has 0 fully saturated rings. The Morgan fingerprint density at radius 2 is 1.94 bits per heavy atom. The van der Waals surface area contributed by atoms with Gasteiger partial charge in [-0.2, -0.15) is 4.68 Å². The first kappa shape index (κ1) is 25.5. The molecule has 0 radical (unpaired) electrons. The van der Waals surface area contributed by atoms with Gasteiger partial charge in [0.1, 0.15) is 16.9 Å². The topological polar surface area (TPSA) is 155 Å². The molecular formula is C22H27N5O8. The van der Waals surface area contributed by atoms with Crippen LogP contribution < -0.4 is 10.1 Å². The highest BCUT2D eigenvalue weighted by Crippen LogP contribution is 2.30. The van der Waals surface area contributed by atoms with Crippen LogP contribution in [0.15, 0.2) is 18.2 Å². The number of ether oxygens (including phenoxy) is 3. The fourth-order valence-corrected chi connectivity index (χ4v) is 3.49. The maximum Gasteiger partial charge on any atom is 0.434 e. The molecule has 1 aromatic carbocycles. The van der Waals surface area contributed by atoms with Gasteiger partial charge in [0.05, 0.1) is 36.9 Å². The number of nitrogens with one attached hydrogen (secondary N) is 1. The Kier molecular flexibility index (Phi) is 7.27. The van der Waals surface area contributed by atoms with E-state index >= 15 is 0 Å². The van der Waals surface area contributed by atoms with Gasteiger partial charge in [-0.1, -0.05) is 0 Å². The summed E-state index contributed by atoms with van der Waals surface area (Å²) in [5.74, 6) is -0.619. The van der Waals surface area contributed by atoms with Crippen molar-refractivity contribution in [1.82, 2.24) is 14.7 Å². The summed E-state index contributed by atoms with van der Waals surface area (Å²) in [7, 11) is 1.35. The summed E-state index contributed by atoms with van der Waals surface area (Å²) >= 11 is 0. The fourth-order valence-electron chi connectivity index (χ4n) is 3.49. The average molecular weight is 489 g/mol. The number of nitrogens with zero attached hydrogens (tertiary/aromatic N) is 4. The highest BCUT2D eigenvalue weighted by atomic mass is 16.6. The third kappa shape index (κ3) is 5.67. The van der Waals surface area contributed by atoms with E-state index in [1.165, 1.54) is 24.1 Å². The number of methoxy groups -OCH3 is 1. The lowest BCUT2D eigenvalue weighted by Crippen LogP contribution is -2.40. The molecule has 0 unspecified atom stereocenters. The predicted molar refractivity (Wildman–Crippen MR) is 123 cm³/mol. The average Bonchev–Trinajstić information content (AvgIpc) is 3.15. The fraction of sp³-hybridized carbons (Fsp3) is 0.455. The summed E-state index contributed by atoms with van der Waals surface area (Å²) in [5.41, 5.74) is -0.537. The van der Waals surface area contributed by atoms with Crippen LogP contribution in [0.2, 0.25) is 0 Å². The molecule has 1 aliphatic heterocycles. The van der Waals surface area contributed by atoms with Crippen LogP contribution >= 0.6 is 0 Å². The Morgan fingerprint density at radius 3 is 2.54 bits per heavy atom. The molecule has 0 aliphatic carbocycles. The van der Waals surface area contributed by atoms with Gasteiger partial charge in [0.2, 0.25) is 0 Å². The van der Waals surface area contributed by atoms with Crippen molar-refractivity contribution in [3.63, 3.8) is 0 Å². The number of fused-ring (bicyclic) bond motifs is 1. The zero-order valence-electron chi connectivity index (χ0n) is 20.1. The number of rotatable bonds is 5. The van der Waals surface area contributed by atoms with E-state index in [1.807, 2.05) is 0 Å². The summed E-state index contributed by atoms with van der Waals surface area (Å²) in [4.78, 5) is 50.3. The normalized spacial score (nSPS) is 13.0. The Balaban J connectivity index is 1.97. The quantitative estimate of drug-likeness (QED) is 0.491. The van der Waals surface area contributed by atoms with Crippen molar-refractivity contribution < 1.29 is 33.5 Å². The maximum absolute atomic E-state index is 13.0. The van der Waals surface area contributed by atoms with Gasteiger partial charge in [-0.3, -0.25) is 14.9 Å². The molecule has 0 bridgehead atoms. The van der Waals surface area contributed by atoms with Crippen molar-refractivity contribution in [3.8, 4) is 5.75 Å². The number of hydrogen-bond donors (Lipinski definition) is 1. The molecule has 2 aromatic rings. The Morgan fingerprint density at radius 1 is 1.23 bits per heavy atom. The number of benzene rings is 1. The van der Waals surface area contributed by atoms with Gasteiger partial charge in [0.15, 0.2) is 5.82 Å². The Hall–Kier alpha value is -4.16. The molecule has 0 saturated carbocycles. The minimum Gasteiger partial charge on any atom is -0.497 e. The first-order chi connectivity index (χ1) is 16.4. The van der Waals surface area contributed by atoms with Crippen molar-refractivity contribution in [2.24, 2.45) is 0 Å². The molecule has 13 nitrogen and oxygen atoms in total. The SMILES string of the molecule is CCOC(=O)n1nc(NC(=O)c2ccc(OC)cc2[N+](=O)[O-])c2c1CCN(C(=O)OC(C)(C)C)C2. The lowest BCUT2D eigenvalue weighted by Gasteiger charge is -2.30. The minimum absolute atomic E-state index is 0.00394. The van der Waals surface area contributed by atoms with Gasteiger partial charge < -0.3 is 24.4 Å². The molecular weight excluding hydrogens is 462 g/mol. The van der Waals surface area contributed by atoms with Gasteiger partial charge >= 0.3 is 12.2 Å². The highest BCUT2D eigenvalue weighted by molar-refractivity contribution is 6.07. The third-order valence-electron chi connectivity index (χ3n) is 5.03. The van der Waals surface area contributed by atoms with Crippen molar-refractivity contribution in [1.29, 1.82) is 0 Å². The van der Waals surface area contributed by atoms with Crippen LogP contribution in [0.4, 0.5) is 21.1 Å². The van der Waals surface area contributed by atoms with Crippen LogP contribution in [0, 0.1) is 10.1 Å². The van der Waals surface area contributed by atoms with E-state index in [0.717, 1.165) is 10.7 Å². The molecule has 13 heteroatoms. The van der Waals surface area contributed by atoms with Crippen LogP contribution in [0.25, 0.3) is 0 Å². The van der Waals surface area contributed by atoms with Crippen LogP contribution in [-0.2, 0) is 22.4 Å². The van der Waals surface area contributed by atoms with Gasteiger partial charge in [-0.15, -0.1) is 5.10 Å². The van der Waals surface area contributed by atoms with Crippen LogP contribution in [0.3, 0.4) is 0 Å². The zero-order chi connectivity index (χ0) is 25.9. The summed E-state index contributed by atoms with van der Waals surface area (Å²) in [6.45, 7) is 7.24. The second kappa shape index (κ2) is 9.99. The first-order valence-corrected chi connectivity index (χ1v) is 10.8. The van der Waals surface area contributed by atoms with E-state index in [9.17, 15) is 24.5 Å². The van der Waals surface area contributed by atoms with Crippen LogP contribution in [0.5, 0.6) is 5.75 Å². The number of carbonyl (C=O) groups excluding carboxylic acids is 3. The van der Waals surface area contributed by atoms with Gasteiger partial charge in [0, 0.05) is 18.5 Å². The van der Waals surface area contributed by atoms with Crippen molar-refractivity contribution in [3.05, 3.63) is 45.1 Å². The summed E-state index contributed by atoms with van der Waals surface area (Å²) < 4.78 is 16.5. The smallest absolute Gasteiger partial charge is 0.434 e. The molecule has 35 heavy (non-hydrogen) atoms. The van der Waals surface area contributed by atoms with Crippen molar-refractivity contribution >= 4 is 29.6 Å². The Labute approximate surface area is 201 Å². The second-order valence-electron chi connectivity index (χ2n) is 8.63. The molecule has 0 saturated heterocycles. The van der Waals surface area contributed by atoms with Gasteiger partial charge in [0.25, 0.3) is 11.6 Å². The second-order valence-corrected chi connectivity index (χ2v) is 8.63. The monoisotopic (exact) mass is 489 g/mol. The molecule has 0 atom stereocenters. The largest absolute Gasteiger partial charge is 0.497 e. The molecule has 0 spiro atoms. The van der Waals surface area contributed by atoms with E-state index < -0.39 is 34.3 Å². The molecule has 1 N–H and O–H groups in total. The number of amides is 2. The van der Waals surface area contributed by atoms with Gasteiger partial charge in [-0.25, -0.2) is 9.59 Å². The number of hydrogen-bond acceptors (Lipinski definition) is 9. The first-order valence-electron chi connectivity index (χ1n) is 10.8. The van der Waals surface area contributed by atoms with Crippen LogP contribution in [0.1, 0.15) is 49.3 Å². The molecule has 1 aliphatic rings. The zero-order valence-corrected chi connectivity index (χ0v) is 20.1. The molecule has 1 aromatic heterocycles. The Bertz CT molecular complexity index is 1170. The lowest BCUT2D eigenvalue weighted by atomic mass is 10.1. The number of carbonyl (C=O) groups is 3. The van der Waals surface area contributed by atoms with E-state index in [-0.39, 0.29) is 43.2 Å². The van der Waals surface area contributed by atoms with E-state index in [0.29, 0.717) is 11.3 Å². The molecule has 2 amide bonds. The van der Waals surface area contributed by atoms with E-state index in [4.69, 9.17) is 14.2 Å². The van der Waals surface area contributed by atoms with Gasteiger partial charge in [-0.05, 0) is 39.8 Å². The van der Waals surface area contributed by atoms with E-state index in [2.05, 4.69) is 10.4 Å². The molecule has 2 heterocycles. The van der Waals surface area contributed by atoms with Crippen molar-refractivity contribution in [2.75, 3.05) is 25.6 Å². The van der Waals surface area contributed by atoms with E-state index in [1.54, 1.807) is 27.7 Å². The lowest BCUT2D eigenvalue weighted by molar-refractivity contribution is -0.385. The van der Waals surface area contributed by atoms with Crippen molar-refractivity contribution in [2.45, 2.75) is 46.3 Å². The molecule has 3 rings (SSSR count). The number of aromatic nitrogens is 2. The number of anilines is 1. The van der Waals surface area contributed by atoms with Crippen LogP contribution in [-0.4, -0.2) is 63.6 Å². The molecule has 188 valence electrons. The maximum atomic E-state index is 13.0. The predicted octanol–water partition coefficient (Wildman–Crippen LogP) is 3.35. The number of nitro groups is 1. The summed E-state index contributed by atoms with van der Waals surface area (Å²) in [6, 6.07) is 3.80. The minimum atomic E-state index is -0.815. The summed E-state index contributed by atoms with van der Waals surface area (Å²) in [5, 5.41) is 18.2. The highest BCUT2D eigenvalue weighted by Gasteiger charge is 2.33. The summed E-state index contributed by atoms with van der Waals surface area (Å²) in [6.07, 6.45) is -1.06. The third-order valence-corrected chi connectivity index (χ3v) is 5.03. The standard InChI is InChI=1S/C22H27N5O8/c1-6-34-21(30)26-16-9-10-25(20(29)35-22(2,3)4)12-15(16)18(24-26)23-19(28)14-8-7-13(33-5)11-17(14)27(31)32/h7-8,11H,6,9-10,12H2,1-5H3,(H,23,24,28). The number of nitro benzene ring substituents is 1.